The van der Waals surface area contributed by atoms with E-state index in [1.807, 2.05) is 4.90 Å². The number of nitrogens with two attached hydrogens (primary N) is 1. The van der Waals surface area contributed by atoms with Crippen molar-refractivity contribution in [1.29, 1.82) is 0 Å². The Morgan fingerprint density at radius 1 is 1.17 bits per heavy atom. The second kappa shape index (κ2) is 7.34. The van der Waals surface area contributed by atoms with E-state index in [1.165, 1.54) is 0 Å². The number of anilines is 3. The fraction of sp³-hybridized carbons (Fsp3) is 0.368. The highest BCUT2D eigenvalue weighted by Crippen LogP contribution is 2.39. The molecule has 2 aromatic rings. The molecule has 0 radical (unpaired) electrons. The first-order chi connectivity index (χ1) is 14.6. The summed E-state index contributed by atoms with van der Waals surface area (Å²) in [7, 11) is 0. The maximum absolute atomic E-state index is 13.0. The molecule has 0 saturated carbocycles. The fourth-order valence-corrected chi connectivity index (χ4v) is 3.61. The molecule has 3 N–H and O–H groups in total. The van der Waals surface area contributed by atoms with Crippen LogP contribution in [0.15, 0.2) is 18.2 Å². The Labute approximate surface area is 171 Å². The second-order valence-corrected chi connectivity index (χ2v) is 7.02. The lowest BCUT2D eigenvalue weighted by atomic mass is 9.93. The standard InChI is InChI=1S/C19H19N5O6/c20-16-15-11(17(26)21-10-1-2-12-13(7-10)29-9-28-12)8-14(25)30-18(15)23-19(22-16)24-3-5-27-6-4-24/h1-2,7,11H,3-6,8-9H2,(H,21,26)(H2,20,22,23)/t11-/m1/s1. The van der Waals surface area contributed by atoms with E-state index in [4.69, 9.17) is 24.7 Å². The number of aromatic nitrogens is 2. The van der Waals surface area contributed by atoms with Gasteiger partial charge in [-0.2, -0.15) is 9.97 Å². The SMILES string of the molecule is Nc1nc(N2CCOCC2)nc2c1[C@H](C(=O)Nc1ccc3c(c1)OCO3)CC(=O)O2. The molecule has 30 heavy (non-hydrogen) atoms. The Balaban J connectivity index is 1.42. The summed E-state index contributed by atoms with van der Waals surface area (Å²) in [5.41, 5.74) is 6.99. The molecule has 11 heteroatoms. The van der Waals surface area contributed by atoms with Gasteiger partial charge >= 0.3 is 5.97 Å². The molecule has 0 spiro atoms. The van der Waals surface area contributed by atoms with E-state index in [0.717, 1.165) is 0 Å². The van der Waals surface area contributed by atoms with Gasteiger partial charge in [0.1, 0.15) is 5.82 Å². The van der Waals surface area contributed by atoms with E-state index in [0.29, 0.717) is 55.0 Å². The zero-order valence-corrected chi connectivity index (χ0v) is 15.9. The van der Waals surface area contributed by atoms with E-state index < -0.39 is 17.8 Å². The van der Waals surface area contributed by atoms with Gasteiger partial charge in [-0.05, 0) is 12.1 Å². The Bertz CT molecular complexity index is 1020. The molecule has 1 amide bonds. The third kappa shape index (κ3) is 3.32. The smallest absolute Gasteiger partial charge is 0.313 e. The average Bonchev–Trinajstić information content (AvgIpc) is 3.21. The Morgan fingerprint density at radius 3 is 2.80 bits per heavy atom. The topological polar surface area (TPSA) is 138 Å². The minimum atomic E-state index is -0.870. The lowest BCUT2D eigenvalue weighted by Crippen LogP contribution is -2.38. The van der Waals surface area contributed by atoms with Crippen LogP contribution in [-0.2, 0) is 14.3 Å². The molecule has 1 aromatic carbocycles. The number of carbonyl (C=O) groups excluding carboxylic acids is 2. The van der Waals surface area contributed by atoms with Gasteiger partial charge in [-0.1, -0.05) is 0 Å². The number of nitrogen functional groups attached to an aromatic ring is 1. The average molecular weight is 413 g/mol. The summed E-state index contributed by atoms with van der Waals surface area (Å²) in [6, 6.07) is 5.05. The van der Waals surface area contributed by atoms with Crippen LogP contribution in [0.3, 0.4) is 0 Å². The minimum absolute atomic E-state index is 0.0195. The van der Waals surface area contributed by atoms with Crippen molar-refractivity contribution in [2.24, 2.45) is 0 Å². The van der Waals surface area contributed by atoms with Gasteiger partial charge in [-0.25, -0.2) is 0 Å². The molecule has 11 nitrogen and oxygen atoms in total. The van der Waals surface area contributed by atoms with E-state index in [9.17, 15) is 9.59 Å². The molecular formula is C19H19N5O6. The quantitative estimate of drug-likeness (QED) is 0.690. The maximum atomic E-state index is 13.0. The first-order valence-electron chi connectivity index (χ1n) is 9.50. The number of carbonyl (C=O) groups is 2. The van der Waals surface area contributed by atoms with Gasteiger partial charge in [0.2, 0.25) is 24.5 Å². The van der Waals surface area contributed by atoms with Crippen LogP contribution in [0.4, 0.5) is 17.5 Å². The molecular weight excluding hydrogens is 394 g/mol. The second-order valence-electron chi connectivity index (χ2n) is 7.02. The summed E-state index contributed by atoms with van der Waals surface area (Å²) < 4.78 is 21.2. The largest absolute Gasteiger partial charge is 0.454 e. The van der Waals surface area contributed by atoms with Crippen LogP contribution in [0.1, 0.15) is 17.9 Å². The highest BCUT2D eigenvalue weighted by Gasteiger charge is 2.37. The number of hydrogen-bond donors (Lipinski definition) is 2. The van der Waals surface area contributed by atoms with Gasteiger partial charge in [0.25, 0.3) is 0 Å². The molecule has 1 fully saturated rings. The lowest BCUT2D eigenvalue weighted by Gasteiger charge is -2.29. The molecule has 4 heterocycles. The van der Waals surface area contributed by atoms with Crippen molar-refractivity contribution >= 4 is 29.3 Å². The van der Waals surface area contributed by atoms with E-state index in [-0.39, 0.29) is 24.9 Å². The van der Waals surface area contributed by atoms with Gasteiger partial charge in [-0.3, -0.25) is 9.59 Å². The third-order valence-corrected chi connectivity index (χ3v) is 5.11. The molecule has 1 atom stereocenters. The number of morpholine rings is 1. The number of fused-ring (bicyclic) bond motifs is 2. The summed E-state index contributed by atoms with van der Waals surface area (Å²) >= 11 is 0. The van der Waals surface area contributed by atoms with Gasteiger partial charge < -0.3 is 34.9 Å². The molecule has 3 aliphatic heterocycles. The first-order valence-corrected chi connectivity index (χ1v) is 9.50. The molecule has 0 aliphatic carbocycles. The number of benzene rings is 1. The van der Waals surface area contributed by atoms with Crippen LogP contribution in [0.5, 0.6) is 17.4 Å². The van der Waals surface area contributed by atoms with Crippen molar-refractivity contribution in [3.05, 3.63) is 23.8 Å². The summed E-state index contributed by atoms with van der Waals surface area (Å²) in [4.78, 5) is 35.8. The van der Waals surface area contributed by atoms with E-state index >= 15 is 0 Å². The van der Waals surface area contributed by atoms with Crippen molar-refractivity contribution < 1.29 is 28.5 Å². The number of nitrogens with one attached hydrogen (secondary N) is 1. The zero-order chi connectivity index (χ0) is 20.7. The molecule has 0 bridgehead atoms. The molecule has 156 valence electrons. The Kier molecular flexibility index (Phi) is 4.51. The van der Waals surface area contributed by atoms with Gasteiger partial charge in [0.15, 0.2) is 11.5 Å². The number of ether oxygens (including phenoxy) is 4. The van der Waals surface area contributed by atoms with Crippen molar-refractivity contribution in [2.75, 3.05) is 49.0 Å². The van der Waals surface area contributed by atoms with E-state index in [2.05, 4.69) is 15.3 Å². The van der Waals surface area contributed by atoms with Crippen molar-refractivity contribution in [3.8, 4) is 17.4 Å². The predicted molar refractivity (Wildman–Crippen MR) is 104 cm³/mol. The van der Waals surface area contributed by atoms with Crippen LogP contribution in [0.25, 0.3) is 0 Å². The van der Waals surface area contributed by atoms with Crippen molar-refractivity contribution in [2.45, 2.75) is 12.3 Å². The van der Waals surface area contributed by atoms with Crippen LogP contribution in [-0.4, -0.2) is 54.9 Å². The van der Waals surface area contributed by atoms with Gasteiger partial charge in [0.05, 0.1) is 31.1 Å². The third-order valence-electron chi connectivity index (χ3n) is 5.11. The Morgan fingerprint density at radius 2 is 1.97 bits per heavy atom. The normalized spacial score (nSPS) is 19.8. The van der Waals surface area contributed by atoms with Gasteiger partial charge in [0, 0.05) is 24.8 Å². The molecule has 1 aromatic heterocycles. The molecule has 3 aliphatic rings. The number of hydrogen-bond acceptors (Lipinski definition) is 10. The Hall–Kier alpha value is -3.60. The summed E-state index contributed by atoms with van der Waals surface area (Å²) in [6.45, 7) is 2.41. The monoisotopic (exact) mass is 413 g/mol. The number of amides is 1. The fourth-order valence-electron chi connectivity index (χ4n) is 3.61. The molecule has 5 rings (SSSR count). The van der Waals surface area contributed by atoms with E-state index in [1.54, 1.807) is 18.2 Å². The maximum Gasteiger partial charge on any atom is 0.313 e. The van der Waals surface area contributed by atoms with Crippen molar-refractivity contribution in [3.63, 3.8) is 0 Å². The highest BCUT2D eigenvalue weighted by molar-refractivity contribution is 6.00. The van der Waals surface area contributed by atoms with Crippen molar-refractivity contribution in [1.82, 2.24) is 9.97 Å². The van der Waals surface area contributed by atoms with Crippen LogP contribution < -0.4 is 30.2 Å². The highest BCUT2D eigenvalue weighted by atomic mass is 16.7. The van der Waals surface area contributed by atoms with Crippen LogP contribution >= 0.6 is 0 Å². The lowest BCUT2D eigenvalue weighted by molar-refractivity contribution is -0.138. The van der Waals surface area contributed by atoms with Crippen LogP contribution in [0.2, 0.25) is 0 Å². The summed E-state index contributed by atoms with van der Waals surface area (Å²) in [6.07, 6.45) is -0.159. The summed E-state index contributed by atoms with van der Waals surface area (Å²) in [5, 5.41) is 2.79. The zero-order valence-electron chi connectivity index (χ0n) is 15.9. The minimum Gasteiger partial charge on any atom is -0.454 e. The first kappa shape index (κ1) is 18.4. The number of rotatable bonds is 3. The summed E-state index contributed by atoms with van der Waals surface area (Å²) in [5.74, 6) is -0.224. The molecule has 1 saturated heterocycles. The van der Waals surface area contributed by atoms with Crippen LogP contribution in [0, 0.1) is 0 Å². The van der Waals surface area contributed by atoms with Gasteiger partial charge in [-0.15, -0.1) is 0 Å². The number of nitrogens with zero attached hydrogens (tertiary/aromatic N) is 3. The molecule has 0 unspecified atom stereocenters. The predicted octanol–water partition coefficient (Wildman–Crippen LogP) is 0.655. The number of esters is 1.